The zero-order valence-corrected chi connectivity index (χ0v) is 17.8. The second-order valence-corrected chi connectivity index (χ2v) is 7.57. The zero-order valence-electron chi connectivity index (χ0n) is 17.8. The molecule has 0 aromatic heterocycles. The molecular weight excluding hydrogens is 384 g/mol. The highest BCUT2D eigenvalue weighted by Crippen LogP contribution is 2.32. The third kappa shape index (κ3) is 5.39. The highest BCUT2D eigenvalue weighted by atomic mass is 16.7. The molecule has 2 aromatic rings. The fourth-order valence-corrected chi connectivity index (χ4v) is 3.51. The Morgan fingerprint density at radius 1 is 1.10 bits per heavy atom. The van der Waals surface area contributed by atoms with Gasteiger partial charge in [-0.25, -0.2) is 0 Å². The van der Waals surface area contributed by atoms with Gasteiger partial charge in [0.25, 0.3) is 0 Å². The molecule has 3 atom stereocenters. The van der Waals surface area contributed by atoms with Crippen molar-refractivity contribution in [3.63, 3.8) is 0 Å². The predicted molar refractivity (Wildman–Crippen MR) is 112 cm³/mol. The molecule has 0 saturated carbocycles. The number of ether oxygens (including phenoxy) is 4. The maximum Gasteiger partial charge on any atom is 0.315 e. The Labute approximate surface area is 177 Å². The van der Waals surface area contributed by atoms with Crippen molar-refractivity contribution in [3.05, 3.63) is 53.6 Å². The van der Waals surface area contributed by atoms with Crippen LogP contribution in [0.25, 0.3) is 0 Å². The first-order valence-corrected chi connectivity index (χ1v) is 10.2. The average Bonchev–Trinajstić information content (AvgIpc) is 3.11. The molecule has 0 saturated heterocycles. The molecule has 0 bridgehead atoms. The van der Waals surface area contributed by atoms with E-state index in [2.05, 4.69) is 6.92 Å². The van der Waals surface area contributed by atoms with E-state index in [9.17, 15) is 9.59 Å². The smallest absolute Gasteiger partial charge is 0.315 e. The van der Waals surface area contributed by atoms with Crippen molar-refractivity contribution in [1.29, 1.82) is 0 Å². The molecule has 30 heavy (non-hydrogen) atoms. The lowest BCUT2D eigenvalue weighted by atomic mass is 9.87. The van der Waals surface area contributed by atoms with E-state index in [0.29, 0.717) is 17.9 Å². The van der Waals surface area contributed by atoms with Gasteiger partial charge in [0.15, 0.2) is 6.29 Å². The summed E-state index contributed by atoms with van der Waals surface area (Å²) in [4.78, 5) is 24.0. The molecule has 0 N–H and O–H groups in total. The molecule has 2 aromatic carbocycles. The van der Waals surface area contributed by atoms with Gasteiger partial charge in [0.2, 0.25) is 0 Å². The van der Waals surface area contributed by atoms with Crippen LogP contribution in [0.2, 0.25) is 0 Å². The van der Waals surface area contributed by atoms with Gasteiger partial charge in [-0.3, -0.25) is 9.59 Å². The second kappa shape index (κ2) is 9.76. The summed E-state index contributed by atoms with van der Waals surface area (Å²) >= 11 is 0. The van der Waals surface area contributed by atoms with Crippen LogP contribution in [-0.2, 0) is 20.7 Å². The van der Waals surface area contributed by atoms with Crippen LogP contribution in [0.3, 0.4) is 0 Å². The Morgan fingerprint density at radius 2 is 1.80 bits per heavy atom. The summed E-state index contributed by atoms with van der Waals surface area (Å²) < 4.78 is 21.4. The Bertz CT molecular complexity index is 889. The molecule has 6 heteroatoms. The van der Waals surface area contributed by atoms with Crippen LogP contribution >= 0.6 is 0 Å². The van der Waals surface area contributed by atoms with E-state index in [1.54, 1.807) is 25.3 Å². The molecule has 1 aliphatic heterocycles. The Morgan fingerprint density at radius 3 is 2.47 bits per heavy atom. The number of hydrogen-bond acceptors (Lipinski definition) is 6. The molecule has 0 amide bonds. The van der Waals surface area contributed by atoms with Gasteiger partial charge >= 0.3 is 11.9 Å². The molecule has 0 aliphatic carbocycles. The predicted octanol–water partition coefficient (Wildman–Crippen LogP) is 4.64. The largest absolute Gasteiger partial charge is 0.465 e. The van der Waals surface area contributed by atoms with Crippen molar-refractivity contribution >= 4 is 11.9 Å². The summed E-state index contributed by atoms with van der Waals surface area (Å²) in [5, 5.41) is 0. The van der Waals surface area contributed by atoms with E-state index < -0.39 is 0 Å². The van der Waals surface area contributed by atoms with Gasteiger partial charge in [0, 0.05) is 12.7 Å². The van der Waals surface area contributed by atoms with Crippen molar-refractivity contribution in [3.8, 4) is 17.2 Å². The molecular formula is C24H28O6. The quantitative estimate of drug-likeness (QED) is 0.339. The summed E-state index contributed by atoms with van der Waals surface area (Å²) in [5.74, 6) is 1.10. The molecule has 3 unspecified atom stereocenters. The lowest BCUT2D eigenvalue weighted by Gasteiger charge is -2.20. The van der Waals surface area contributed by atoms with E-state index >= 15 is 0 Å². The van der Waals surface area contributed by atoms with Gasteiger partial charge in [-0.1, -0.05) is 26.0 Å². The minimum Gasteiger partial charge on any atom is -0.465 e. The third-order valence-electron chi connectivity index (χ3n) is 5.33. The summed E-state index contributed by atoms with van der Waals surface area (Å²) in [6.07, 6.45) is 1.48. The maximum absolute atomic E-state index is 12.6. The zero-order chi connectivity index (χ0) is 21.7. The lowest BCUT2D eigenvalue weighted by molar-refractivity contribution is -0.138. The SMILES string of the molecule is CCC(CC(C)C(=O)Oc1ccc2c(c1)CC(=O)O2)c1ccc(OC(C)OC)cc1. The van der Waals surface area contributed by atoms with E-state index in [1.165, 1.54) is 0 Å². The van der Waals surface area contributed by atoms with Crippen molar-refractivity contribution in [2.45, 2.75) is 52.2 Å². The Hall–Kier alpha value is -2.86. The first-order chi connectivity index (χ1) is 14.4. The summed E-state index contributed by atoms with van der Waals surface area (Å²) in [6, 6.07) is 12.9. The number of esters is 2. The first-order valence-electron chi connectivity index (χ1n) is 10.2. The van der Waals surface area contributed by atoms with Crippen LogP contribution in [0.1, 0.15) is 50.7 Å². The molecule has 0 fully saturated rings. The van der Waals surface area contributed by atoms with Gasteiger partial charge in [0.1, 0.15) is 17.2 Å². The fraction of sp³-hybridized carbons (Fsp3) is 0.417. The first kappa shape index (κ1) is 21.8. The summed E-state index contributed by atoms with van der Waals surface area (Å²) in [5.41, 5.74) is 1.90. The number of methoxy groups -OCH3 is 1. The van der Waals surface area contributed by atoms with E-state index in [4.69, 9.17) is 18.9 Å². The number of carbonyl (C=O) groups excluding carboxylic acids is 2. The monoisotopic (exact) mass is 412 g/mol. The number of hydrogen-bond donors (Lipinski definition) is 0. The van der Waals surface area contributed by atoms with Crippen molar-refractivity contribution < 1.29 is 28.5 Å². The minimum absolute atomic E-state index is 0.205. The molecule has 3 rings (SSSR count). The van der Waals surface area contributed by atoms with Gasteiger partial charge < -0.3 is 18.9 Å². The molecule has 160 valence electrons. The highest BCUT2D eigenvalue weighted by Gasteiger charge is 2.24. The number of fused-ring (bicyclic) bond motifs is 1. The van der Waals surface area contributed by atoms with Crippen molar-refractivity contribution in [1.82, 2.24) is 0 Å². The Kier molecular flexibility index (Phi) is 7.11. The standard InChI is InChI=1S/C24H28O6/c1-5-17(18-6-8-20(9-7-18)28-16(3)27-4)12-15(2)24(26)29-21-10-11-22-19(13-21)14-23(25)30-22/h6-11,13,15-17H,5,12,14H2,1-4H3. The van der Waals surface area contributed by atoms with Gasteiger partial charge in [0.05, 0.1) is 12.3 Å². The van der Waals surface area contributed by atoms with Crippen LogP contribution in [0.5, 0.6) is 17.2 Å². The van der Waals surface area contributed by atoms with Crippen molar-refractivity contribution in [2.75, 3.05) is 7.11 Å². The van der Waals surface area contributed by atoms with Gasteiger partial charge in [-0.2, -0.15) is 0 Å². The van der Waals surface area contributed by atoms with Crippen molar-refractivity contribution in [2.24, 2.45) is 5.92 Å². The Balaban J connectivity index is 1.59. The highest BCUT2D eigenvalue weighted by molar-refractivity contribution is 5.81. The van der Waals surface area contributed by atoms with Crippen LogP contribution in [0, 0.1) is 5.92 Å². The average molecular weight is 412 g/mol. The van der Waals surface area contributed by atoms with Gasteiger partial charge in [-0.15, -0.1) is 0 Å². The summed E-state index contributed by atoms with van der Waals surface area (Å²) in [7, 11) is 1.60. The van der Waals surface area contributed by atoms with Crippen LogP contribution in [0.4, 0.5) is 0 Å². The molecule has 1 aliphatic rings. The van der Waals surface area contributed by atoms with Crippen LogP contribution in [-0.4, -0.2) is 25.3 Å². The summed E-state index contributed by atoms with van der Waals surface area (Å²) in [6.45, 7) is 5.82. The number of benzene rings is 2. The van der Waals surface area contributed by atoms with Crippen LogP contribution < -0.4 is 14.2 Å². The van der Waals surface area contributed by atoms with E-state index in [0.717, 1.165) is 23.3 Å². The molecule has 0 radical (unpaired) electrons. The van der Waals surface area contributed by atoms with E-state index in [-0.39, 0.29) is 36.5 Å². The van der Waals surface area contributed by atoms with Crippen LogP contribution in [0.15, 0.2) is 42.5 Å². The van der Waals surface area contributed by atoms with Gasteiger partial charge in [-0.05, 0) is 61.6 Å². The topological polar surface area (TPSA) is 71.1 Å². The number of carbonyl (C=O) groups is 2. The number of rotatable bonds is 9. The maximum atomic E-state index is 12.6. The third-order valence-corrected chi connectivity index (χ3v) is 5.33. The fourth-order valence-electron chi connectivity index (χ4n) is 3.51. The molecule has 1 heterocycles. The molecule has 0 spiro atoms. The lowest BCUT2D eigenvalue weighted by Crippen LogP contribution is -2.20. The van der Waals surface area contributed by atoms with E-state index in [1.807, 2.05) is 38.1 Å². The molecule has 6 nitrogen and oxygen atoms in total. The second-order valence-electron chi connectivity index (χ2n) is 7.57. The minimum atomic E-state index is -0.309. The normalized spacial score (nSPS) is 15.7.